The molecule has 1 aliphatic carbocycles. The highest BCUT2D eigenvalue weighted by atomic mass is 19.1. The normalized spacial score (nSPS) is 28.4. The predicted octanol–water partition coefficient (Wildman–Crippen LogP) is 2.49. The number of halogens is 1. The van der Waals surface area contributed by atoms with Crippen molar-refractivity contribution in [1.82, 2.24) is 4.90 Å². The van der Waals surface area contributed by atoms with E-state index in [9.17, 15) is 14.4 Å². The molecule has 4 nitrogen and oxygen atoms in total. The van der Waals surface area contributed by atoms with Crippen LogP contribution in [0.5, 0.6) is 0 Å². The minimum Gasteiger partial charge on any atom is -0.368 e. The molecule has 1 saturated heterocycles. The van der Waals surface area contributed by atoms with Gasteiger partial charge in [0.15, 0.2) is 0 Å². The summed E-state index contributed by atoms with van der Waals surface area (Å²) < 4.78 is 13.3. The zero-order valence-electron chi connectivity index (χ0n) is 13.0. The Balaban J connectivity index is 1.67. The minimum absolute atomic E-state index is 0.239. The summed E-state index contributed by atoms with van der Waals surface area (Å²) in [5, 5.41) is 9.21. The molecule has 2 N–H and O–H groups in total. The van der Waals surface area contributed by atoms with Crippen molar-refractivity contribution in [1.29, 1.82) is 5.26 Å². The summed E-state index contributed by atoms with van der Waals surface area (Å²) in [7, 11) is 0. The van der Waals surface area contributed by atoms with Crippen LogP contribution in [0.25, 0.3) is 0 Å². The van der Waals surface area contributed by atoms with Gasteiger partial charge in [0.2, 0.25) is 5.91 Å². The van der Waals surface area contributed by atoms with Gasteiger partial charge in [-0.2, -0.15) is 5.26 Å². The van der Waals surface area contributed by atoms with Crippen LogP contribution in [-0.4, -0.2) is 29.4 Å². The number of benzene rings is 1. The molecule has 2 aliphatic rings. The molecule has 1 atom stereocenters. The number of rotatable bonds is 3. The third-order valence-electron chi connectivity index (χ3n) is 5.17. The largest absolute Gasteiger partial charge is 0.368 e. The molecule has 1 saturated carbocycles. The Morgan fingerprint density at radius 3 is 2.70 bits per heavy atom. The lowest BCUT2D eigenvalue weighted by Gasteiger charge is -2.37. The van der Waals surface area contributed by atoms with Gasteiger partial charge < -0.3 is 5.73 Å². The number of carbonyl (C=O) groups is 1. The zero-order valence-corrected chi connectivity index (χ0v) is 13.0. The first-order valence-corrected chi connectivity index (χ1v) is 8.18. The first-order valence-electron chi connectivity index (χ1n) is 8.18. The number of carbonyl (C=O) groups excluding carboxylic acids is 1. The van der Waals surface area contributed by atoms with Crippen LogP contribution >= 0.6 is 0 Å². The van der Waals surface area contributed by atoms with Crippen molar-refractivity contribution in [2.45, 2.75) is 50.1 Å². The van der Waals surface area contributed by atoms with Crippen LogP contribution in [0.3, 0.4) is 0 Å². The van der Waals surface area contributed by atoms with Crippen molar-refractivity contribution in [2.24, 2.45) is 5.73 Å². The van der Waals surface area contributed by atoms with Gasteiger partial charge in [0, 0.05) is 6.04 Å². The van der Waals surface area contributed by atoms with Gasteiger partial charge in [-0.15, -0.1) is 0 Å². The number of likely N-dealkylation sites (tertiary alicyclic amines) is 1. The molecule has 0 aromatic heterocycles. The maximum Gasteiger partial charge on any atom is 0.235 e. The number of nitrogens with two attached hydrogens (primary N) is 1. The summed E-state index contributed by atoms with van der Waals surface area (Å²) in [6.07, 6.45) is 6.77. The quantitative estimate of drug-likeness (QED) is 0.932. The van der Waals surface area contributed by atoms with Gasteiger partial charge in [-0.1, -0.05) is 6.07 Å². The molecule has 1 heterocycles. The molecule has 5 heteroatoms. The highest BCUT2D eigenvalue weighted by Gasteiger charge is 2.36. The van der Waals surface area contributed by atoms with E-state index < -0.39 is 0 Å². The molecular formula is C18H21FN3O. The smallest absolute Gasteiger partial charge is 0.235 e. The van der Waals surface area contributed by atoms with E-state index in [2.05, 4.69) is 11.0 Å². The lowest BCUT2D eigenvalue weighted by atomic mass is 9.79. The van der Waals surface area contributed by atoms with Crippen molar-refractivity contribution in [3.05, 3.63) is 41.6 Å². The fourth-order valence-electron chi connectivity index (χ4n) is 4.05. The lowest BCUT2D eigenvalue weighted by Crippen LogP contribution is -2.47. The van der Waals surface area contributed by atoms with Crippen molar-refractivity contribution in [2.75, 3.05) is 6.54 Å². The van der Waals surface area contributed by atoms with Crippen LogP contribution in [0.15, 0.2) is 18.2 Å². The maximum absolute atomic E-state index is 13.3. The topological polar surface area (TPSA) is 70.1 Å². The monoisotopic (exact) mass is 314 g/mol. The van der Waals surface area contributed by atoms with Crippen LogP contribution in [-0.2, 0) is 4.79 Å². The average Bonchev–Trinajstić information content (AvgIpc) is 3.05. The Morgan fingerprint density at radius 2 is 2.04 bits per heavy atom. The highest BCUT2D eigenvalue weighted by Crippen LogP contribution is 2.38. The van der Waals surface area contributed by atoms with Crippen molar-refractivity contribution in [3.63, 3.8) is 0 Å². The van der Waals surface area contributed by atoms with Gasteiger partial charge in [0.1, 0.15) is 5.82 Å². The van der Waals surface area contributed by atoms with Gasteiger partial charge in [0.05, 0.1) is 17.7 Å². The number of nitrogens with zero attached hydrogens (tertiary/aromatic N) is 2. The van der Waals surface area contributed by atoms with Crippen LogP contribution in [0, 0.1) is 23.6 Å². The lowest BCUT2D eigenvalue weighted by molar-refractivity contribution is -0.122. The first-order chi connectivity index (χ1) is 11.1. The molecule has 1 unspecified atom stereocenters. The molecule has 1 radical (unpaired) electrons. The molecule has 1 aromatic carbocycles. The molecule has 3 rings (SSSR count). The minimum atomic E-state index is -0.365. The summed E-state index contributed by atoms with van der Waals surface area (Å²) in [6, 6.07) is 6.73. The standard InChI is InChI=1S/C18H21FN3O/c19-14-5-8-16(13(10-14)11-20)12-3-6-15(7-4-12)22-9-1-2-17(22)18(21)23/h2,5,8,10,12,15,17H,1,3-4,6-7,9H2,(H2,21,23). The molecule has 0 spiro atoms. The van der Waals surface area contributed by atoms with Crippen LogP contribution in [0.1, 0.15) is 49.1 Å². The number of hydrogen-bond donors (Lipinski definition) is 1. The SMILES string of the molecule is N#Cc1cc(F)ccc1C1CCC(N2CC[CH]C2C(N)=O)CC1. The summed E-state index contributed by atoms with van der Waals surface area (Å²) in [5.41, 5.74) is 6.88. The summed E-state index contributed by atoms with van der Waals surface area (Å²) >= 11 is 0. The van der Waals surface area contributed by atoms with E-state index in [0.29, 0.717) is 17.5 Å². The summed E-state index contributed by atoms with van der Waals surface area (Å²) in [4.78, 5) is 13.8. The van der Waals surface area contributed by atoms with Gasteiger partial charge in [-0.05, 0) is 68.7 Å². The van der Waals surface area contributed by atoms with E-state index >= 15 is 0 Å². The second-order valence-corrected chi connectivity index (χ2v) is 6.46. The van der Waals surface area contributed by atoms with Gasteiger partial charge in [-0.3, -0.25) is 9.69 Å². The average molecular weight is 314 g/mol. The van der Waals surface area contributed by atoms with Gasteiger partial charge in [-0.25, -0.2) is 4.39 Å². The van der Waals surface area contributed by atoms with Crippen LogP contribution in [0.4, 0.5) is 4.39 Å². The summed E-state index contributed by atoms with van der Waals surface area (Å²) in [6.45, 7) is 0.892. The molecule has 2 fully saturated rings. The molecule has 1 amide bonds. The predicted molar refractivity (Wildman–Crippen MR) is 84.7 cm³/mol. The number of nitriles is 1. The number of primary amides is 1. The third kappa shape index (κ3) is 3.23. The Morgan fingerprint density at radius 1 is 1.30 bits per heavy atom. The molecule has 1 aromatic rings. The molecule has 1 aliphatic heterocycles. The molecule has 23 heavy (non-hydrogen) atoms. The van der Waals surface area contributed by atoms with Gasteiger partial charge >= 0.3 is 0 Å². The molecular weight excluding hydrogens is 293 g/mol. The zero-order chi connectivity index (χ0) is 16.4. The Labute approximate surface area is 136 Å². The maximum atomic E-state index is 13.3. The van der Waals surface area contributed by atoms with E-state index in [4.69, 9.17) is 5.73 Å². The Kier molecular flexibility index (Phi) is 4.63. The van der Waals surface area contributed by atoms with E-state index in [1.807, 2.05) is 6.42 Å². The van der Waals surface area contributed by atoms with Crippen molar-refractivity contribution < 1.29 is 9.18 Å². The highest BCUT2D eigenvalue weighted by molar-refractivity contribution is 5.81. The van der Waals surface area contributed by atoms with Crippen LogP contribution < -0.4 is 5.73 Å². The van der Waals surface area contributed by atoms with E-state index in [1.165, 1.54) is 12.1 Å². The Bertz CT molecular complexity index is 632. The number of hydrogen-bond acceptors (Lipinski definition) is 3. The molecule has 0 bridgehead atoms. The third-order valence-corrected chi connectivity index (χ3v) is 5.17. The number of amides is 1. The van der Waals surface area contributed by atoms with Crippen molar-refractivity contribution in [3.8, 4) is 6.07 Å². The molecule has 121 valence electrons. The fourth-order valence-corrected chi connectivity index (χ4v) is 4.05. The van der Waals surface area contributed by atoms with E-state index in [-0.39, 0.29) is 17.8 Å². The van der Waals surface area contributed by atoms with E-state index in [0.717, 1.165) is 44.2 Å². The van der Waals surface area contributed by atoms with Crippen LogP contribution in [0.2, 0.25) is 0 Å². The fraction of sp³-hybridized carbons (Fsp3) is 0.500. The van der Waals surface area contributed by atoms with Crippen molar-refractivity contribution >= 4 is 5.91 Å². The second kappa shape index (κ2) is 6.67. The van der Waals surface area contributed by atoms with E-state index in [1.54, 1.807) is 6.07 Å². The summed E-state index contributed by atoms with van der Waals surface area (Å²) in [5.74, 6) is -0.342. The first kappa shape index (κ1) is 15.9. The second-order valence-electron chi connectivity index (χ2n) is 6.46. The van der Waals surface area contributed by atoms with Gasteiger partial charge in [0.25, 0.3) is 0 Å². The Hall–Kier alpha value is -1.93.